The third-order valence-electron chi connectivity index (χ3n) is 3.47. The average Bonchev–Trinajstić information content (AvgIpc) is 2.32. The van der Waals surface area contributed by atoms with Crippen molar-refractivity contribution in [2.24, 2.45) is 11.7 Å². The third-order valence-corrected chi connectivity index (χ3v) is 4.12. The van der Waals surface area contributed by atoms with Crippen LogP contribution in [0.25, 0.3) is 0 Å². The highest BCUT2D eigenvalue weighted by Crippen LogP contribution is 2.27. The number of benzene rings is 1. The van der Waals surface area contributed by atoms with Gasteiger partial charge in [0.25, 0.3) is 0 Å². The molecule has 3 nitrogen and oxygen atoms in total. The molecule has 0 radical (unpaired) electrons. The van der Waals surface area contributed by atoms with Crippen LogP contribution in [0.2, 0.25) is 0 Å². The lowest BCUT2D eigenvalue weighted by Gasteiger charge is -2.25. The number of halogens is 1. The van der Waals surface area contributed by atoms with Crippen LogP contribution in [-0.4, -0.2) is 11.9 Å². The maximum Gasteiger partial charge on any atom is 0.227 e. The number of nitrogens with two attached hydrogens (primary N) is 1. The maximum absolute atomic E-state index is 12.2. The molecule has 2 rings (SSSR count). The zero-order valence-electron chi connectivity index (χ0n) is 10.6. The monoisotopic (exact) mass is 310 g/mol. The van der Waals surface area contributed by atoms with Gasteiger partial charge in [-0.3, -0.25) is 4.79 Å². The van der Waals surface area contributed by atoms with E-state index in [9.17, 15) is 4.79 Å². The topological polar surface area (TPSA) is 55.1 Å². The Bertz CT molecular complexity index is 447. The van der Waals surface area contributed by atoms with Crippen molar-refractivity contribution in [1.29, 1.82) is 0 Å². The van der Waals surface area contributed by atoms with Crippen LogP contribution >= 0.6 is 15.9 Å². The van der Waals surface area contributed by atoms with Crippen molar-refractivity contribution in [3.05, 3.63) is 28.2 Å². The first-order valence-corrected chi connectivity index (χ1v) is 7.18. The van der Waals surface area contributed by atoms with E-state index >= 15 is 0 Å². The molecule has 0 spiro atoms. The molecule has 0 bridgehead atoms. The van der Waals surface area contributed by atoms with E-state index in [-0.39, 0.29) is 17.9 Å². The van der Waals surface area contributed by atoms with Crippen LogP contribution in [0.5, 0.6) is 0 Å². The van der Waals surface area contributed by atoms with Gasteiger partial charge >= 0.3 is 0 Å². The van der Waals surface area contributed by atoms with E-state index in [4.69, 9.17) is 5.73 Å². The lowest BCUT2D eigenvalue weighted by Crippen LogP contribution is -2.34. The number of hydrogen-bond acceptors (Lipinski definition) is 2. The fourth-order valence-electron chi connectivity index (χ4n) is 2.42. The maximum atomic E-state index is 12.2. The number of aryl methyl sites for hydroxylation is 1. The van der Waals surface area contributed by atoms with Crippen molar-refractivity contribution in [3.8, 4) is 0 Å². The Morgan fingerprint density at radius 3 is 2.89 bits per heavy atom. The van der Waals surface area contributed by atoms with Gasteiger partial charge in [0.05, 0.1) is 5.69 Å². The molecule has 18 heavy (non-hydrogen) atoms. The predicted octanol–water partition coefficient (Wildman–Crippen LogP) is 3.21. The first-order valence-electron chi connectivity index (χ1n) is 6.39. The van der Waals surface area contributed by atoms with Gasteiger partial charge < -0.3 is 11.1 Å². The van der Waals surface area contributed by atoms with Gasteiger partial charge in [-0.25, -0.2) is 0 Å². The molecule has 98 valence electrons. The Balaban J connectivity index is 2.02. The fraction of sp³-hybridized carbons (Fsp3) is 0.500. The zero-order chi connectivity index (χ0) is 13.1. The van der Waals surface area contributed by atoms with Crippen LogP contribution in [0.3, 0.4) is 0 Å². The second-order valence-electron chi connectivity index (χ2n) is 5.10. The summed E-state index contributed by atoms with van der Waals surface area (Å²) in [5, 5.41) is 2.99. The molecule has 1 amide bonds. The predicted molar refractivity (Wildman–Crippen MR) is 77.4 cm³/mol. The molecule has 4 heteroatoms. The minimum absolute atomic E-state index is 0.0574. The first-order chi connectivity index (χ1) is 8.56. The second kappa shape index (κ2) is 5.85. The second-order valence-corrected chi connectivity index (χ2v) is 5.95. The number of anilines is 1. The molecule has 1 aliphatic rings. The van der Waals surface area contributed by atoms with Crippen molar-refractivity contribution in [3.63, 3.8) is 0 Å². The van der Waals surface area contributed by atoms with Crippen LogP contribution in [0.15, 0.2) is 22.7 Å². The van der Waals surface area contributed by atoms with Crippen LogP contribution < -0.4 is 11.1 Å². The highest BCUT2D eigenvalue weighted by atomic mass is 79.9. The van der Waals surface area contributed by atoms with Crippen LogP contribution in [0.1, 0.15) is 31.2 Å². The first kappa shape index (κ1) is 13.6. The lowest BCUT2D eigenvalue weighted by molar-refractivity contribution is -0.120. The molecule has 1 aliphatic carbocycles. The molecule has 1 saturated carbocycles. The largest absolute Gasteiger partial charge is 0.328 e. The van der Waals surface area contributed by atoms with Gasteiger partial charge in [-0.1, -0.05) is 12.5 Å². The zero-order valence-corrected chi connectivity index (χ0v) is 12.2. The van der Waals surface area contributed by atoms with Gasteiger partial charge in [0, 0.05) is 16.4 Å². The van der Waals surface area contributed by atoms with E-state index in [1.807, 2.05) is 25.1 Å². The third kappa shape index (κ3) is 3.33. The summed E-state index contributed by atoms with van der Waals surface area (Å²) in [5.41, 5.74) is 7.92. The van der Waals surface area contributed by atoms with E-state index in [1.54, 1.807) is 0 Å². The van der Waals surface area contributed by atoms with Crippen molar-refractivity contribution in [2.75, 3.05) is 5.32 Å². The standard InChI is InChI=1S/C14H19BrN2O/c1-9-5-6-13(12(15)7-9)17-14(18)10-3-2-4-11(16)8-10/h5-7,10-11H,2-4,8,16H2,1H3,(H,17,18). The Morgan fingerprint density at radius 2 is 2.22 bits per heavy atom. The molecule has 0 aliphatic heterocycles. The number of hydrogen-bond donors (Lipinski definition) is 2. The molecule has 0 aromatic heterocycles. The molecule has 1 fully saturated rings. The van der Waals surface area contributed by atoms with Crippen molar-refractivity contribution in [2.45, 2.75) is 38.6 Å². The van der Waals surface area contributed by atoms with Gasteiger partial charge in [-0.15, -0.1) is 0 Å². The lowest BCUT2D eigenvalue weighted by atomic mass is 9.85. The molecule has 1 aromatic carbocycles. The number of nitrogens with one attached hydrogen (secondary N) is 1. The molecule has 2 unspecified atom stereocenters. The number of carbonyl (C=O) groups is 1. The van der Waals surface area contributed by atoms with E-state index in [1.165, 1.54) is 5.56 Å². The Kier molecular flexibility index (Phi) is 4.40. The molecule has 2 atom stereocenters. The molecule has 1 aromatic rings. The summed E-state index contributed by atoms with van der Waals surface area (Å²) in [4.78, 5) is 12.2. The van der Waals surface area contributed by atoms with Crippen LogP contribution in [0.4, 0.5) is 5.69 Å². The highest BCUT2D eigenvalue weighted by molar-refractivity contribution is 9.10. The average molecular weight is 311 g/mol. The summed E-state index contributed by atoms with van der Waals surface area (Å²) in [5.74, 6) is 0.150. The number of amides is 1. The molecular weight excluding hydrogens is 292 g/mol. The normalized spacial score (nSPS) is 23.7. The minimum atomic E-state index is 0.0574. The van der Waals surface area contributed by atoms with Crippen molar-refractivity contribution in [1.82, 2.24) is 0 Å². The summed E-state index contributed by atoms with van der Waals surface area (Å²) in [7, 11) is 0. The summed E-state index contributed by atoms with van der Waals surface area (Å²) >= 11 is 3.47. The van der Waals surface area contributed by atoms with Gasteiger partial charge in [-0.05, 0) is 59.8 Å². The van der Waals surface area contributed by atoms with E-state index in [0.717, 1.165) is 35.8 Å². The van der Waals surface area contributed by atoms with Gasteiger partial charge in [0.2, 0.25) is 5.91 Å². The SMILES string of the molecule is Cc1ccc(NC(=O)C2CCCC(N)C2)c(Br)c1. The summed E-state index contributed by atoms with van der Waals surface area (Å²) in [6, 6.07) is 6.10. The summed E-state index contributed by atoms with van der Waals surface area (Å²) < 4.78 is 0.927. The Labute approximate surface area is 116 Å². The summed E-state index contributed by atoms with van der Waals surface area (Å²) in [6.07, 6.45) is 3.84. The number of carbonyl (C=O) groups excluding carboxylic acids is 1. The van der Waals surface area contributed by atoms with E-state index in [2.05, 4.69) is 21.2 Å². The fourth-order valence-corrected chi connectivity index (χ4v) is 3.01. The van der Waals surface area contributed by atoms with Crippen molar-refractivity contribution < 1.29 is 4.79 Å². The Morgan fingerprint density at radius 1 is 1.44 bits per heavy atom. The molecular formula is C14H19BrN2O. The quantitative estimate of drug-likeness (QED) is 0.881. The van der Waals surface area contributed by atoms with E-state index < -0.39 is 0 Å². The van der Waals surface area contributed by atoms with Gasteiger partial charge in [0.1, 0.15) is 0 Å². The Hall–Kier alpha value is -0.870. The van der Waals surface area contributed by atoms with E-state index in [0.29, 0.717) is 0 Å². The number of rotatable bonds is 2. The van der Waals surface area contributed by atoms with Crippen LogP contribution in [0, 0.1) is 12.8 Å². The van der Waals surface area contributed by atoms with Gasteiger partial charge in [0.15, 0.2) is 0 Å². The molecule has 0 saturated heterocycles. The minimum Gasteiger partial charge on any atom is -0.328 e. The van der Waals surface area contributed by atoms with Crippen molar-refractivity contribution >= 4 is 27.5 Å². The smallest absolute Gasteiger partial charge is 0.227 e. The molecule has 0 heterocycles. The summed E-state index contributed by atoms with van der Waals surface area (Å²) in [6.45, 7) is 2.02. The highest BCUT2D eigenvalue weighted by Gasteiger charge is 2.25. The molecule has 3 N–H and O–H groups in total. The van der Waals surface area contributed by atoms with Gasteiger partial charge in [-0.2, -0.15) is 0 Å². The van der Waals surface area contributed by atoms with Crippen LogP contribution in [-0.2, 0) is 4.79 Å².